The Morgan fingerprint density at radius 3 is 2.59 bits per heavy atom. The number of nitrogens with one attached hydrogen (secondary N) is 2. The van der Waals surface area contributed by atoms with Crippen LogP contribution in [0.25, 0.3) is 0 Å². The summed E-state index contributed by atoms with van der Waals surface area (Å²) in [5.41, 5.74) is 0.351. The van der Waals surface area contributed by atoms with E-state index in [4.69, 9.17) is 0 Å². The van der Waals surface area contributed by atoms with E-state index in [2.05, 4.69) is 48.3 Å². The van der Waals surface area contributed by atoms with E-state index in [1.807, 2.05) is 6.07 Å². The van der Waals surface area contributed by atoms with E-state index in [-0.39, 0.29) is 0 Å². The Hall–Kier alpha value is -1.32. The lowest BCUT2D eigenvalue weighted by Gasteiger charge is -2.18. The average molecular weight is 236 g/mol. The van der Waals surface area contributed by atoms with Crippen molar-refractivity contribution in [3.63, 3.8) is 0 Å². The highest BCUT2D eigenvalue weighted by Crippen LogP contribution is 2.18. The van der Waals surface area contributed by atoms with Crippen molar-refractivity contribution in [2.75, 3.05) is 23.7 Å². The Labute approximate surface area is 104 Å². The summed E-state index contributed by atoms with van der Waals surface area (Å²) in [6.45, 7) is 10.7. The lowest BCUT2D eigenvalue weighted by molar-refractivity contribution is 0.389. The van der Waals surface area contributed by atoms with Crippen LogP contribution >= 0.6 is 0 Å². The molecule has 96 valence electrons. The molecule has 1 aromatic heterocycles. The molecule has 1 heterocycles. The minimum atomic E-state index is 0.351. The van der Waals surface area contributed by atoms with Crippen molar-refractivity contribution in [1.82, 2.24) is 9.97 Å². The number of hydrogen-bond donors (Lipinski definition) is 2. The van der Waals surface area contributed by atoms with Gasteiger partial charge in [0.2, 0.25) is 5.95 Å². The maximum atomic E-state index is 4.40. The van der Waals surface area contributed by atoms with Gasteiger partial charge in [0.15, 0.2) is 0 Å². The number of nitrogens with zero attached hydrogens (tertiary/aromatic N) is 2. The van der Waals surface area contributed by atoms with Crippen LogP contribution in [0, 0.1) is 5.41 Å². The van der Waals surface area contributed by atoms with Crippen molar-refractivity contribution < 1.29 is 0 Å². The molecule has 0 amide bonds. The Morgan fingerprint density at radius 2 is 1.94 bits per heavy atom. The summed E-state index contributed by atoms with van der Waals surface area (Å²) in [6, 6.07) is 1.90. The molecule has 0 aliphatic carbocycles. The molecule has 0 aromatic carbocycles. The van der Waals surface area contributed by atoms with Crippen LogP contribution in [0.15, 0.2) is 12.3 Å². The van der Waals surface area contributed by atoms with Crippen LogP contribution in [0.5, 0.6) is 0 Å². The van der Waals surface area contributed by atoms with Crippen LogP contribution in [0.3, 0.4) is 0 Å². The van der Waals surface area contributed by atoms with Gasteiger partial charge in [0, 0.05) is 19.3 Å². The number of rotatable bonds is 6. The van der Waals surface area contributed by atoms with Crippen LogP contribution in [0.1, 0.15) is 40.5 Å². The third kappa shape index (κ3) is 6.09. The second kappa shape index (κ2) is 6.42. The molecule has 0 radical (unpaired) electrons. The van der Waals surface area contributed by atoms with E-state index in [9.17, 15) is 0 Å². The quantitative estimate of drug-likeness (QED) is 0.796. The van der Waals surface area contributed by atoms with Gasteiger partial charge in [-0.15, -0.1) is 0 Å². The molecule has 0 spiro atoms. The van der Waals surface area contributed by atoms with Crippen molar-refractivity contribution in [1.29, 1.82) is 0 Å². The van der Waals surface area contributed by atoms with Gasteiger partial charge in [0.25, 0.3) is 0 Å². The first-order chi connectivity index (χ1) is 8.01. The van der Waals surface area contributed by atoms with Crippen LogP contribution in [-0.4, -0.2) is 23.1 Å². The van der Waals surface area contributed by atoms with Gasteiger partial charge in [0.1, 0.15) is 5.82 Å². The fraction of sp³-hybridized carbons (Fsp3) is 0.692. The molecule has 0 fully saturated rings. The molecular weight excluding hydrogens is 212 g/mol. The van der Waals surface area contributed by atoms with E-state index < -0.39 is 0 Å². The third-order valence-electron chi connectivity index (χ3n) is 2.37. The monoisotopic (exact) mass is 236 g/mol. The van der Waals surface area contributed by atoms with Crippen LogP contribution in [0.2, 0.25) is 0 Å². The molecule has 1 rings (SSSR count). The summed E-state index contributed by atoms with van der Waals surface area (Å²) in [5.74, 6) is 1.59. The molecule has 17 heavy (non-hydrogen) atoms. The van der Waals surface area contributed by atoms with Gasteiger partial charge in [-0.25, -0.2) is 4.98 Å². The predicted molar refractivity (Wildman–Crippen MR) is 73.4 cm³/mol. The zero-order valence-corrected chi connectivity index (χ0v) is 11.4. The SMILES string of the molecule is CCCNc1nccc(NCCC(C)(C)C)n1. The highest BCUT2D eigenvalue weighted by molar-refractivity contribution is 5.39. The highest BCUT2D eigenvalue weighted by atomic mass is 15.1. The number of hydrogen-bond acceptors (Lipinski definition) is 4. The lowest BCUT2D eigenvalue weighted by atomic mass is 9.92. The normalized spacial score (nSPS) is 11.3. The molecule has 0 atom stereocenters. The van der Waals surface area contributed by atoms with Crippen LogP contribution in [-0.2, 0) is 0 Å². The third-order valence-corrected chi connectivity index (χ3v) is 2.37. The minimum absolute atomic E-state index is 0.351. The smallest absolute Gasteiger partial charge is 0.224 e. The number of anilines is 2. The largest absolute Gasteiger partial charge is 0.370 e. The fourth-order valence-corrected chi connectivity index (χ4v) is 1.34. The van der Waals surface area contributed by atoms with Crippen molar-refractivity contribution >= 4 is 11.8 Å². The van der Waals surface area contributed by atoms with Gasteiger partial charge in [-0.1, -0.05) is 27.7 Å². The summed E-state index contributed by atoms with van der Waals surface area (Å²) < 4.78 is 0. The first kappa shape index (κ1) is 13.7. The number of aromatic nitrogens is 2. The minimum Gasteiger partial charge on any atom is -0.370 e. The maximum absolute atomic E-state index is 4.40. The second-order valence-corrected chi connectivity index (χ2v) is 5.43. The van der Waals surface area contributed by atoms with Gasteiger partial charge in [-0.05, 0) is 24.3 Å². The second-order valence-electron chi connectivity index (χ2n) is 5.43. The maximum Gasteiger partial charge on any atom is 0.224 e. The molecule has 0 bridgehead atoms. The van der Waals surface area contributed by atoms with E-state index >= 15 is 0 Å². The lowest BCUT2D eigenvalue weighted by Crippen LogP contribution is -2.14. The average Bonchev–Trinajstić information content (AvgIpc) is 2.25. The first-order valence-electron chi connectivity index (χ1n) is 6.32. The van der Waals surface area contributed by atoms with Crippen molar-refractivity contribution in [2.24, 2.45) is 5.41 Å². The molecular formula is C13H24N4. The van der Waals surface area contributed by atoms with E-state index in [1.54, 1.807) is 6.20 Å². The van der Waals surface area contributed by atoms with Gasteiger partial charge in [-0.3, -0.25) is 0 Å². The first-order valence-corrected chi connectivity index (χ1v) is 6.32. The van der Waals surface area contributed by atoms with Gasteiger partial charge >= 0.3 is 0 Å². The highest BCUT2D eigenvalue weighted by Gasteiger charge is 2.09. The predicted octanol–water partition coefficient (Wildman–Crippen LogP) is 3.15. The molecule has 0 aliphatic heterocycles. The molecule has 4 heteroatoms. The van der Waals surface area contributed by atoms with Gasteiger partial charge in [0.05, 0.1) is 0 Å². The Balaban J connectivity index is 2.43. The van der Waals surface area contributed by atoms with Crippen molar-refractivity contribution in [3.8, 4) is 0 Å². The molecule has 4 nitrogen and oxygen atoms in total. The van der Waals surface area contributed by atoms with E-state index in [0.717, 1.165) is 31.7 Å². The molecule has 0 saturated heterocycles. The topological polar surface area (TPSA) is 49.8 Å². The van der Waals surface area contributed by atoms with Gasteiger partial charge < -0.3 is 10.6 Å². The molecule has 0 saturated carbocycles. The Bertz CT molecular complexity index is 330. The molecule has 1 aromatic rings. The van der Waals surface area contributed by atoms with Crippen molar-refractivity contribution in [2.45, 2.75) is 40.5 Å². The summed E-state index contributed by atoms with van der Waals surface area (Å²) in [5, 5.41) is 6.51. The van der Waals surface area contributed by atoms with Gasteiger partial charge in [-0.2, -0.15) is 4.98 Å². The Morgan fingerprint density at radius 1 is 1.18 bits per heavy atom. The Kier molecular flexibility index (Phi) is 5.19. The zero-order valence-electron chi connectivity index (χ0n) is 11.4. The fourth-order valence-electron chi connectivity index (χ4n) is 1.34. The summed E-state index contributed by atoms with van der Waals surface area (Å²) in [7, 11) is 0. The van der Waals surface area contributed by atoms with E-state index in [1.165, 1.54) is 0 Å². The molecule has 0 aliphatic rings. The summed E-state index contributed by atoms with van der Waals surface area (Å²) in [6.07, 6.45) is 3.98. The molecule has 2 N–H and O–H groups in total. The zero-order chi connectivity index (χ0) is 12.7. The van der Waals surface area contributed by atoms with Crippen LogP contribution in [0.4, 0.5) is 11.8 Å². The summed E-state index contributed by atoms with van der Waals surface area (Å²) in [4.78, 5) is 8.57. The standard InChI is InChI=1S/C13H24N4/c1-5-8-15-12-16-9-6-11(17-12)14-10-7-13(2,3)4/h6,9H,5,7-8,10H2,1-4H3,(H2,14,15,16,17). The van der Waals surface area contributed by atoms with Crippen molar-refractivity contribution in [3.05, 3.63) is 12.3 Å². The molecule has 0 unspecified atom stereocenters. The summed E-state index contributed by atoms with van der Waals surface area (Å²) >= 11 is 0. The van der Waals surface area contributed by atoms with Crippen LogP contribution < -0.4 is 10.6 Å². The van der Waals surface area contributed by atoms with E-state index in [0.29, 0.717) is 11.4 Å².